The number of unbranched alkanes of at least 4 members (excludes halogenated alkanes) is 2. The maximum Gasteiger partial charge on any atom is 0.417 e. The molecule has 20 heavy (non-hydrogen) atoms. The van der Waals surface area contributed by atoms with Crippen molar-refractivity contribution in [2.24, 2.45) is 5.73 Å². The average molecular weight is 310 g/mol. The van der Waals surface area contributed by atoms with Crippen molar-refractivity contribution in [2.75, 3.05) is 13.1 Å². The molecule has 0 aromatic heterocycles. The van der Waals surface area contributed by atoms with Gasteiger partial charge in [-0.25, -0.2) is 13.1 Å². The molecule has 114 valence electrons. The van der Waals surface area contributed by atoms with Crippen molar-refractivity contribution in [1.29, 1.82) is 0 Å². The Balaban J connectivity index is 2.83. The zero-order valence-electron chi connectivity index (χ0n) is 10.8. The maximum absolute atomic E-state index is 12.8. The van der Waals surface area contributed by atoms with Crippen LogP contribution in [0.25, 0.3) is 0 Å². The molecule has 0 spiro atoms. The Morgan fingerprint density at radius 2 is 1.75 bits per heavy atom. The van der Waals surface area contributed by atoms with Gasteiger partial charge in [0.1, 0.15) is 0 Å². The molecule has 1 aromatic carbocycles. The van der Waals surface area contributed by atoms with Crippen LogP contribution >= 0.6 is 0 Å². The van der Waals surface area contributed by atoms with E-state index in [-0.39, 0.29) is 6.54 Å². The Labute approximate surface area is 116 Å². The van der Waals surface area contributed by atoms with Crippen LogP contribution in [0.4, 0.5) is 13.2 Å². The van der Waals surface area contributed by atoms with Gasteiger partial charge >= 0.3 is 6.18 Å². The quantitative estimate of drug-likeness (QED) is 0.758. The monoisotopic (exact) mass is 310 g/mol. The second kappa shape index (κ2) is 7.05. The molecule has 0 amide bonds. The predicted octanol–water partition coefficient (Wildman–Crippen LogP) is 2.11. The molecule has 0 bridgehead atoms. The van der Waals surface area contributed by atoms with Gasteiger partial charge in [0.05, 0.1) is 10.5 Å². The fourth-order valence-electron chi connectivity index (χ4n) is 1.67. The van der Waals surface area contributed by atoms with Crippen molar-refractivity contribution in [3.63, 3.8) is 0 Å². The molecule has 8 heteroatoms. The molecular weight excluding hydrogens is 293 g/mol. The molecule has 0 saturated heterocycles. The van der Waals surface area contributed by atoms with E-state index in [2.05, 4.69) is 4.72 Å². The van der Waals surface area contributed by atoms with Gasteiger partial charge in [-0.15, -0.1) is 0 Å². The summed E-state index contributed by atoms with van der Waals surface area (Å²) in [7, 11) is -4.16. The summed E-state index contributed by atoms with van der Waals surface area (Å²) in [6.07, 6.45) is -2.70. The first-order chi connectivity index (χ1) is 9.29. The molecule has 0 atom stereocenters. The van der Waals surface area contributed by atoms with Gasteiger partial charge in [-0.3, -0.25) is 0 Å². The normalized spacial score (nSPS) is 12.6. The highest BCUT2D eigenvalue weighted by Crippen LogP contribution is 2.33. The lowest BCUT2D eigenvalue weighted by atomic mass is 10.2. The molecule has 0 radical (unpaired) electrons. The molecule has 0 aliphatic carbocycles. The van der Waals surface area contributed by atoms with E-state index >= 15 is 0 Å². The number of nitrogens with one attached hydrogen (secondary N) is 1. The third-order valence-corrected chi connectivity index (χ3v) is 4.17. The Morgan fingerprint density at radius 1 is 1.10 bits per heavy atom. The lowest BCUT2D eigenvalue weighted by Crippen LogP contribution is -2.27. The number of alkyl halides is 3. The highest BCUT2D eigenvalue weighted by Gasteiger charge is 2.36. The van der Waals surface area contributed by atoms with Crippen LogP contribution in [0.5, 0.6) is 0 Å². The molecule has 0 aliphatic rings. The van der Waals surface area contributed by atoms with Crippen molar-refractivity contribution in [3.05, 3.63) is 29.8 Å². The Bertz CT molecular complexity index is 530. The van der Waals surface area contributed by atoms with Crippen LogP contribution in [0.2, 0.25) is 0 Å². The zero-order chi connectivity index (χ0) is 15.2. The van der Waals surface area contributed by atoms with E-state index < -0.39 is 26.7 Å². The van der Waals surface area contributed by atoms with E-state index in [0.29, 0.717) is 13.0 Å². The second-order valence-electron chi connectivity index (χ2n) is 4.24. The SMILES string of the molecule is NCCCCCNS(=O)(=O)c1ccccc1C(F)(F)F. The van der Waals surface area contributed by atoms with Gasteiger partial charge in [0, 0.05) is 6.54 Å². The van der Waals surface area contributed by atoms with E-state index in [1.165, 1.54) is 6.07 Å². The average Bonchev–Trinajstić information content (AvgIpc) is 2.37. The van der Waals surface area contributed by atoms with Crippen LogP contribution < -0.4 is 10.5 Å². The topological polar surface area (TPSA) is 72.2 Å². The van der Waals surface area contributed by atoms with Crippen LogP contribution in [0, 0.1) is 0 Å². The number of halogens is 3. The highest BCUT2D eigenvalue weighted by molar-refractivity contribution is 7.89. The number of benzene rings is 1. The predicted molar refractivity (Wildman–Crippen MR) is 69.5 cm³/mol. The molecule has 0 fully saturated rings. The van der Waals surface area contributed by atoms with Crippen LogP contribution in [0.15, 0.2) is 29.2 Å². The number of hydrogen-bond acceptors (Lipinski definition) is 3. The van der Waals surface area contributed by atoms with E-state index in [0.717, 1.165) is 31.0 Å². The largest absolute Gasteiger partial charge is 0.417 e. The summed E-state index contributed by atoms with van der Waals surface area (Å²) in [4.78, 5) is -0.744. The van der Waals surface area contributed by atoms with Gasteiger partial charge in [-0.05, 0) is 31.5 Å². The third kappa shape index (κ3) is 4.77. The summed E-state index contributed by atoms with van der Waals surface area (Å²) < 4.78 is 64.3. The van der Waals surface area contributed by atoms with Crippen LogP contribution in [0.3, 0.4) is 0 Å². The van der Waals surface area contributed by atoms with Crippen molar-refractivity contribution < 1.29 is 21.6 Å². The highest BCUT2D eigenvalue weighted by atomic mass is 32.2. The summed E-state index contributed by atoms with van der Waals surface area (Å²) in [6, 6.07) is 4.12. The molecule has 1 aromatic rings. The first-order valence-corrected chi connectivity index (χ1v) is 7.63. The van der Waals surface area contributed by atoms with E-state index in [1.54, 1.807) is 0 Å². The van der Waals surface area contributed by atoms with Crippen LogP contribution in [-0.2, 0) is 16.2 Å². The summed E-state index contributed by atoms with van der Waals surface area (Å²) in [5.41, 5.74) is 4.13. The van der Waals surface area contributed by atoms with E-state index in [9.17, 15) is 21.6 Å². The van der Waals surface area contributed by atoms with Gasteiger partial charge in [0.2, 0.25) is 10.0 Å². The van der Waals surface area contributed by atoms with Crippen molar-refractivity contribution in [3.8, 4) is 0 Å². The van der Waals surface area contributed by atoms with Gasteiger partial charge in [-0.1, -0.05) is 18.6 Å². The number of nitrogens with two attached hydrogens (primary N) is 1. The maximum atomic E-state index is 12.8. The molecule has 0 heterocycles. The van der Waals surface area contributed by atoms with Gasteiger partial charge in [-0.2, -0.15) is 13.2 Å². The van der Waals surface area contributed by atoms with Gasteiger partial charge < -0.3 is 5.73 Å². The molecule has 4 nitrogen and oxygen atoms in total. The van der Waals surface area contributed by atoms with E-state index in [1.807, 2.05) is 0 Å². The molecule has 0 saturated carbocycles. The van der Waals surface area contributed by atoms with Crippen molar-refractivity contribution in [1.82, 2.24) is 4.72 Å². The number of sulfonamides is 1. The third-order valence-electron chi connectivity index (χ3n) is 2.65. The molecule has 0 aliphatic heterocycles. The first-order valence-electron chi connectivity index (χ1n) is 6.15. The number of hydrogen-bond donors (Lipinski definition) is 2. The molecular formula is C12H17F3N2O2S. The second-order valence-corrected chi connectivity index (χ2v) is 5.98. The van der Waals surface area contributed by atoms with Gasteiger partial charge in [0.15, 0.2) is 0 Å². The van der Waals surface area contributed by atoms with Crippen LogP contribution in [-0.4, -0.2) is 21.5 Å². The Morgan fingerprint density at radius 3 is 2.35 bits per heavy atom. The van der Waals surface area contributed by atoms with E-state index in [4.69, 9.17) is 5.73 Å². The molecule has 1 rings (SSSR count). The fraction of sp³-hybridized carbons (Fsp3) is 0.500. The summed E-state index contributed by atoms with van der Waals surface area (Å²) in [5, 5.41) is 0. The molecule has 0 unspecified atom stereocenters. The minimum absolute atomic E-state index is 0.0918. The molecule has 3 N–H and O–H groups in total. The minimum atomic E-state index is -4.70. The minimum Gasteiger partial charge on any atom is -0.330 e. The van der Waals surface area contributed by atoms with Crippen LogP contribution in [0.1, 0.15) is 24.8 Å². The number of rotatable bonds is 7. The zero-order valence-corrected chi connectivity index (χ0v) is 11.6. The lowest BCUT2D eigenvalue weighted by Gasteiger charge is -2.13. The standard InChI is InChI=1S/C12H17F3N2O2S/c13-12(14,15)10-6-2-3-7-11(10)20(18,19)17-9-5-1-4-8-16/h2-3,6-7,17H,1,4-5,8-9,16H2. The first kappa shape index (κ1) is 16.9. The van der Waals surface area contributed by atoms with Gasteiger partial charge in [0.25, 0.3) is 0 Å². The fourth-order valence-corrected chi connectivity index (χ4v) is 2.97. The van der Waals surface area contributed by atoms with Crippen molar-refractivity contribution in [2.45, 2.75) is 30.3 Å². The smallest absolute Gasteiger partial charge is 0.330 e. The summed E-state index contributed by atoms with van der Waals surface area (Å²) >= 11 is 0. The summed E-state index contributed by atoms with van der Waals surface area (Å²) in [6.45, 7) is 0.595. The summed E-state index contributed by atoms with van der Waals surface area (Å²) in [5.74, 6) is 0. The Hall–Kier alpha value is -1.12. The lowest BCUT2D eigenvalue weighted by molar-refractivity contribution is -0.139. The van der Waals surface area contributed by atoms with Crippen molar-refractivity contribution >= 4 is 10.0 Å². The Kier molecular flexibility index (Phi) is 5.97.